The average molecular weight is 383 g/mol. The first-order valence-corrected chi connectivity index (χ1v) is 8.13. The summed E-state index contributed by atoms with van der Waals surface area (Å²) < 4.78 is 5.48. The van der Waals surface area contributed by atoms with Crippen molar-refractivity contribution in [2.45, 2.75) is 12.8 Å². The fraction of sp³-hybridized carbons (Fsp3) is 0.176. The summed E-state index contributed by atoms with van der Waals surface area (Å²) in [6, 6.07) is 9.13. The van der Waals surface area contributed by atoms with Crippen molar-refractivity contribution in [3.05, 3.63) is 52.0 Å². The quantitative estimate of drug-likeness (QED) is 0.294. The SMILES string of the molecule is O=C(CCCOc1ccc(Cl)cc1Cl)NN=Cc1ccc(O)c(O)c1. The number of halogens is 2. The molecule has 2 aromatic carbocycles. The van der Waals surface area contributed by atoms with Gasteiger partial charge in [-0.2, -0.15) is 5.10 Å². The molecule has 2 aromatic rings. The number of nitrogens with one attached hydrogen (secondary N) is 1. The van der Waals surface area contributed by atoms with Gasteiger partial charge in [-0.25, -0.2) is 5.43 Å². The number of amides is 1. The lowest BCUT2D eigenvalue weighted by Gasteiger charge is -2.07. The van der Waals surface area contributed by atoms with E-state index in [1.807, 2.05) is 0 Å². The monoisotopic (exact) mass is 382 g/mol. The number of phenolic OH excluding ortho intramolecular Hbond substituents is 2. The van der Waals surface area contributed by atoms with Crippen LogP contribution in [-0.4, -0.2) is 28.9 Å². The highest BCUT2D eigenvalue weighted by Gasteiger charge is 2.04. The van der Waals surface area contributed by atoms with Crippen molar-refractivity contribution in [3.63, 3.8) is 0 Å². The minimum Gasteiger partial charge on any atom is -0.504 e. The van der Waals surface area contributed by atoms with Gasteiger partial charge in [-0.15, -0.1) is 0 Å². The van der Waals surface area contributed by atoms with Gasteiger partial charge in [0.05, 0.1) is 17.8 Å². The van der Waals surface area contributed by atoms with Crippen LogP contribution >= 0.6 is 23.2 Å². The molecule has 3 N–H and O–H groups in total. The van der Waals surface area contributed by atoms with Crippen LogP contribution in [0.3, 0.4) is 0 Å². The number of ether oxygens (including phenoxy) is 1. The molecule has 0 aliphatic carbocycles. The molecular formula is C17H16Cl2N2O4. The van der Waals surface area contributed by atoms with Crippen LogP contribution in [0.4, 0.5) is 0 Å². The Morgan fingerprint density at radius 2 is 1.96 bits per heavy atom. The second kappa shape index (κ2) is 9.15. The zero-order valence-electron chi connectivity index (χ0n) is 13.1. The summed E-state index contributed by atoms with van der Waals surface area (Å²) in [5, 5.41) is 23.3. The lowest BCUT2D eigenvalue weighted by molar-refractivity contribution is -0.121. The number of hydrogen-bond acceptors (Lipinski definition) is 5. The minimum absolute atomic E-state index is 0.220. The maximum Gasteiger partial charge on any atom is 0.240 e. The zero-order chi connectivity index (χ0) is 18.2. The summed E-state index contributed by atoms with van der Waals surface area (Å²) in [5.74, 6) is -0.239. The Bertz CT molecular complexity index is 781. The number of benzene rings is 2. The molecule has 8 heteroatoms. The molecule has 2 rings (SSSR count). The Hall–Kier alpha value is -2.44. The molecule has 0 saturated carbocycles. The third-order valence-electron chi connectivity index (χ3n) is 3.10. The number of nitrogens with zero attached hydrogens (tertiary/aromatic N) is 1. The van der Waals surface area contributed by atoms with Crippen LogP contribution in [0.5, 0.6) is 17.2 Å². The highest BCUT2D eigenvalue weighted by Crippen LogP contribution is 2.27. The van der Waals surface area contributed by atoms with Crippen molar-refractivity contribution in [1.82, 2.24) is 5.43 Å². The average Bonchev–Trinajstić information content (AvgIpc) is 2.56. The van der Waals surface area contributed by atoms with Crippen LogP contribution in [0.1, 0.15) is 18.4 Å². The van der Waals surface area contributed by atoms with E-state index in [4.69, 9.17) is 27.9 Å². The fourth-order valence-corrected chi connectivity index (χ4v) is 2.33. The molecule has 0 aliphatic heterocycles. The number of rotatable bonds is 7. The van der Waals surface area contributed by atoms with E-state index in [1.54, 1.807) is 24.3 Å². The topological polar surface area (TPSA) is 91.2 Å². The molecule has 0 spiro atoms. The number of phenols is 2. The van der Waals surface area contributed by atoms with E-state index in [0.717, 1.165) is 0 Å². The van der Waals surface area contributed by atoms with Crippen molar-refractivity contribution in [3.8, 4) is 17.2 Å². The Morgan fingerprint density at radius 1 is 1.16 bits per heavy atom. The molecule has 0 bridgehead atoms. The first-order chi connectivity index (χ1) is 12.0. The van der Waals surface area contributed by atoms with E-state index in [9.17, 15) is 15.0 Å². The maximum atomic E-state index is 11.7. The second-order valence-electron chi connectivity index (χ2n) is 5.07. The van der Waals surface area contributed by atoms with Gasteiger partial charge in [0, 0.05) is 11.4 Å². The number of hydrogen-bond donors (Lipinski definition) is 3. The first kappa shape index (κ1) is 18.9. The van der Waals surface area contributed by atoms with E-state index in [0.29, 0.717) is 34.4 Å². The molecule has 1 amide bonds. The van der Waals surface area contributed by atoms with Crippen LogP contribution in [0.15, 0.2) is 41.5 Å². The molecule has 0 saturated heterocycles. The Morgan fingerprint density at radius 3 is 2.68 bits per heavy atom. The smallest absolute Gasteiger partial charge is 0.240 e. The van der Waals surface area contributed by atoms with E-state index < -0.39 is 0 Å². The standard InChI is InChI=1S/C17H16Cl2N2O4/c18-12-4-6-16(13(19)9-12)25-7-1-2-17(24)21-20-10-11-3-5-14(22)15(23)8-11/h3-6,8-10,22-23H,1-2,7H2,(H,21,24). The normalized spacial score (nSPS) is 10.8. The molecule has 132 valence electrons. The molecule has 6 nitrogen and oxygen atoms in total. The van der Waals surface area contributed by atoms with Crippen molar-refractivity contribution in [1.29, 1.82) is 0 Å². The molecule has 0 heterocycles. The molecule has 0 aliphatic rings. The lowest BCUT2D eigenvalue weighted by Crippen LogP contribution is -2.18. The van der Waals surface area contributed by atoms with Gasteiger partial charge in [0.2, 0.25) is 5.91 Å². The van der Waals surface area contributed by atoms with Crippen LogP contribution < -0.4 is 10.2 Å². The molecule has 0 fully saturated rings. The number of hydrazone groups is 1. The molecule has 0 atom stereocenters. The first-order valence-electron chi connectivity index (χ1n) is 7.37. The summed E-state index contributed by atoms with van der Waals surface area (Å²) in [7, 11) is 0. The van der Waals surface area contributed by atoms with Crippen molar-refractivity contribution < 1.29 is 19.7 Å². The van der Waals surface area contributed by atoms with Gasteiger partial charge < -0.3 is 14.9 Å². The van der Waals surface area contributed by atoms with E-state index in [2.05, 4.69) is 10.5 Å². The summed E-state index contributed by atoms with van der Waals surface area (Å²) in [5.41, 5.74) is 2.91. The number of aromatic hydroxyl groups is 2. The zero-order valence-corrected chi connectivity index (χ0v) is 14.6. The van der Waals surface area contributed by atoms with Crippen LogP contribution in [0.2, 0.25) is 10.0 Å². The van der Waals surface area contributed by atoms with Crippen LogP contribution in [-0.2, 0) is 4.79 Å². The summed E-state index contributed by atoms with van der Waals surface area (Å²) in [6.07, 6.45) is 2.07. The van der Waals surface area contributed by atoms with Gasteiger partial charge in [0.25, 0.3) is 0 Å². The maximum absolute atomic E-state index is 11.7. The molecule has 25 heavy (non-hydrogen) atoms. The fourth-order valence-electron chi connectivity index (χ4n) is 1.86. The van der Waals surface area contributed by atoms with Crippen molar-refractivity contribution in [2.24, 2.45) is 5.10 Å². The summed E-state index contributed by atoms with van der Waals surface area (Å²) >= 11 is 11.8. The van der Waals surface area contributed by atoms with Gasteiger partial charge in [0.1, 0.15) is 5.75 Å². The minimum atomic E-state index is -0.273. The largest absolute Gasteiger partial charge is 0.504 e. The second-order valence-corrected chi connectivity index (χ2v) is 5.91. The highest BCUT2D eigenvalue weighted by molar-refractivity contribution is 6.35. The molecular weight excluding hydrogens is 367 g/mol. The van der Waals surface area contributed by atoms with Crippen molar-refractivity contribution in [2.75, 3.05) is 6.61 Å². The molecule has 0 radical (unpaired) electrons. The lowest BCUT2D eigenvalue weighted by atomic mass is 10.2. The van der Waals surface area contributed by atoms with E-state index in [-0.39, 0.29) is 23.8 Å². The Labute approximate surface area is 154 Å². The van der Waals surface area contributed by atoms with Gasteiger partial charge in [0.15, 0.2) is 11.5 Å². The highest BCUT2D eigenvalue weighted by atomic mass is 35.5. The molecule has 0 aromatic heterocycles. The number of carbonyl (C=O) groups is 1. The predicted molar refractivity (Wildman–Crippen MR) is 96.7 cm³/mol. The third kappa shape index (κ3) is 6.17. The van der Waals surface area contributed by atoms with E-state index in [1.165, 1.54) is 18.3 Å². The van der Waals surface area contributed by atoms with E-state index >= 15 is 0 Å². The molecule has 0 unspecified atom stereocenters. The van der Waals surface area contributed by atoms with Crippen molar-refractivity contribution >= 4 is 35.3 Å². The van der Waals surface area contributed by atoms with Gasteiger partial charge >= 0.3 is 0 Å². The van der Waals surface area contributed by atoms with Gasteiger partial charge in [-0.05, 0) is 48.4 Å². The Kier molecular flexibility index (Phi) is 6.91. The summed E-state index contributed by atoms with van der Waals surface area (Å²) in [4.78, 5) is 11.7. The summed E-state index contributed by atoms with van der Waals surface area (Å²) in [6.45, 7) is 0.324. The third-order valence-corrected chi connectivity index (χ3v) is 3.63. The predicted octanol–water partition coefficient (Wildman–Crippen LogP) is 3.71. The Balaban J connectivity index is 1.70. The van der Waals surface area contributed by atoms with Gasteiger partial charge in [-0.3, -0.25) is 4.79 Å². The number of carbonyl (C=O) groups excluding carboxylic acids is 1. The van der Waals surface area contributed by atoms with Crippen LogP contribution in [0.25, 0.3) is 0 Å². The van der Waals surface area contributed by atoms with Gasteiger partial charge in [-0.1, -0.05) is 23.2 Å². The van der Waals surface area contributed by atoms with Crippen LogP contribution in [0, 0.1) is 0 Å².